The minimum absolute atomic E-state index is 0.0914. The Hall–Kier alpha value is -2.49. The molecule has 2 rings (SSSR count). The molecule has 0 aromatic heterocycles. The van der Waals surface area contributed by atoms with E-state index in [9.17, 15) is 9.90 Å². The number of amides is 1. The van der Waals surface area contributed by atoms with Crippen molar-refractivity contribution < 1.29 is 9.90 Å². The van der Waals surface area contributed by atoms with Crippen LogP contribution in [-0.4, -0.2) is 11.0 Å². The lowest BCUT2D eigenvalue weighted by Gasteiger charge is -2.18. The van der Waals surface area contributed by atoms with E-state index in [2.05, 4.69) is 5.32 Å². The molecule has 0 saturated carbocycles. The zero-order valence-corrected chi connectivity index (χ0v) is 11.6. The minimum Gasteiger partial charge on any atom is -0.508 e. The monoisotopic (exact) mass is 270 g/mol. The van der Waals surface area contributed by atoms with Crippen LogP contribution in [0.2, 0.25) is 0 Å². The van der Waals surface area contributed by atoms with Crippen LogP contribution >= 0.6 is 0 Å². The van der Waals surface area contributed by atoms with E-state index in [1.165, 1.54) is 0 Å². The minimum atomic E-state index is -0.425. The Kier molecular flexibility index (Phi) is 3.94. The van der Waals surface area contributed by atoms with E-state index in [4.69, 9.17) is 5.73 Å². The van der Waals surface area contributed by atoms with Gasteiger partial charge in [0.25, 0.3) is 0 Å². The largest absolute Gasteiger partial charge is 0.508 e. The van der Waals surface area contributed by atoms with Crippen molar-refractivity contribution in [2.24, 2.45) is 5.73 Å². The molecule has 0 saturated heterocycles. The Bertz CT molecular complexity index is 621. The molecule has 0 fully saturated rings. The molecular weight excluding hydrogens is 252 g/mol. The third-order valence-electron chi connectivity index (χ3n) is 3.28. The second kappa shape index (κ2) is 5.65. The molecule has 1 atom stereocenters. The second-order valence-corrected chi connectivity index (χ2v) is 4.85. The van der Waals surface area contributed by atoms with Gasteiger partial charge < -0.3 is 16.2 Å². The van der Waals surface area contributed by atoms with E-state index in [1.54, 1.807) is 24.3 Å². The first kappa shape index (κ1) is 13.9. The summed E-state index contributed by atoms with van der Waals surface area (Å²) in [7, 11) is 0. The Morgan fingerprint density at radius 3 is 2.40 bits per heavy atom. The maximum absolute atomic E-state index is 11.1. The third kappa shape index (κ3) is 3.09. The fourth-order valence-corrected chi connectivity index (χ4v) is 2.06. The van der Waals surface area contributed by atoms with Gasteiger partial charge in [-0.05, 0) is 55.3 Å². The van der Waals surface area contributed by atoms with Crippen molar-refractivity contribution in [2.75, 3.05) is 5.32 Å². The molecule has 104 valence electrons. The molecule has 0 spiro atoms. The molecule has 0 bridgehead atoms. The molecule has 0 aliphatic rings. The molecule has 20 heavy (non-hydrogen) atoms. The fourth-order valence-electron chi connectivity index (χ4n) is 2.06. The number of primary amides is 1. The fraction of sp³-hybridized carbons (Fsp3) is 0.188. The Morgan fingerprint density at radius 2 is 1.85 bits per heavy atom. The number of phenols is 1. The Morgan fingerprint density at radius 1 is 1.20 bits per heavy atom. The van der Waals surface area contributed by atoms with Gasteiger partial charge in [0.1, 0.15) is 5.75 Å². The second-order valence-electron chi connectivity index (χ2n) is 4.85. The summed E-state index contributed by atoms with van der Waals surface area (Å²) in [5, 5.41) is 12.7. The van der Waals surface area contributed by atoms with Gasteiger partial charge in [0, 0.05) is 17.3 Å². The number of aryl methyl sites for hydroxylation is 1. The van der Waals surface area contributed by atoms with Gasteiger partial charge in [-0.25, -0.2) is 0 Å². The van der Waals surface area contributed by atoms with Crippen LogP contribution < -0.4 is 11.1 Å². The highest BCUT2D eigenvalue weighted by Gasteiger charge is 2.08. The quantitative estimate of drug-likeness (QED) is 0.799. The van der Waals surface area contributed by atoms with E-state index in [0.717, 1.165) is 16.8 Å². The van der Waals surface area contributed by atoms with E-state index >= 15 is 0 Å². The van der Waals surface area contributed by atoms with Crippen LogP contribution in [0.1, 0.15) is 34.5 Å². The lowest BCUT2D eigenvalue weighted by Crippen LogP contribution is -2.12. The summed E-state index contributed by atoms with van der Waals surface area (Å²) in [6.07, 6.45) is 0. The molecule has 2 aromatic rings. The molecule has 0 radical (unpaired) electrons. The summed E-state index contributed by atoms with van der Waals surface area (Å²) in [6, 6.07) is 12.5. The van der Waals surface area contributed by atoms with Crippen LogP contribution in [0.15, 0.2) is 42.5 Å². The number of hydrogen-bond donors (Lipinski definition) is 3. The molecule has 4 heteroatoms. The molecule has 0 aliphatic heterocycles. The van der Waals surface area contributed by atoms with Gasteiger partial charge in [-0.1, -0.05) is 12.1 Å². The molecule has 1 unspecified atom stereocenters. The zero-order chi connectivity index (χ0) is 14.7. The number of benzene rings is 2. The number of nitrogens with two attached hydrogens (primary N) is 1. The lowest BCUT2D eigenvalue weighted by molar-refractivity contribution is 0.1000. The number of rotatable bonds is 4. The molecule has 0 aliphatic carbocycles. The van der Waals surface area contributed by atoms with Crippen LogP contribution in [0.25, 0.3) is 0 Å². The van der Waals surface area contributed by atoms with E-state index in [0.29, 0.717) is 5.56 Å². The maximum atomic E-state index is 11.1. The maximum Gasteiger partial charge on any atom is 0.248 e. The average Bonchev–Trinajstić information content (AvgIpc) is 2.41. The van der Waals surface area contributed by atoms with E-state index in [1.807, 2.05) is 32.0 Å². The first-order valence-electron chi connectivity index (χ1n) is 6.43. The van der Waals surface area contributed by atoms with Gasteiger partial charge in [-0.15, -0.1) is 0 Å². The number of aromatic hydroxyl groups is 1. The van der Waals surface area contributed by atoms with Gasteiger partial charge in [0.2, 0.25) is 5.91 Å². The van der Waals surface area contributed by atoms with Crippen molar-refractivity contribution in [1.82, 2.24) is 0 Å². The standard InChI is InChI=1S/C16H18N2O2/c1-10-9-13(16(17)20)5-8-15(10)18-11(2)12-3-6-14(19)7-4-12/h3-9,11,18-19H,1-2H3,(H2,17,20). The highest BCUT2D eigenvalue weighted by Crippen LogP contribution is 2.24. The van der Waals surface area contributed by atoms with Gasteiger partial charge in [0.05, 0.1) is 0 Å². The molecule has 0 heterocycles. The normalized spacial score (nSPS) is 11.9. The van der Waals surface area contributed by atoms with Crippen LogP contribution in [0, 0.1) is 6.92 Å². The lowest BCUT2D eigenvalue weighted by atomic mass is 10.1. The molecule has 2 aromatic carbocycles. The van der Waals surface area contributed by atoms with Crippen molar-refractivity contribution in [3.63, 3.8) is 0 Å². The van der Waals surface area contributed by atoms with Crippen LogP contribution in [0.4, 0.5) is 5.69 Å². The van der Waals surface area contributed by atoms with Crippen molar-refractivity contribution in [2.45, 2.75) is 19.9 Å². The van der Waals surface area contributed by atoms with Crippen molar-refractivity contribution in [3.05, 3.63) is 59.2 Å². The number of phenolic OH excluding ortho intramolecular Hbond substituents is 1. The van der Waals surface area contributed by atoms with Crippen LogP contribution in [-0.2, 0) is 0 Å². The number of carbonyl (C=O) groups excluding carboxylic acids is 1. The molecule has 1 amide bonds. The Balaban J connectivity index is 2.17. The first-order valence-corrected chi connectivity index (χ1v) is 6.43. The summed E-state index contributed by atoms with van der Waals surface area (Å²) < 4.78 is 0. The number of carbonyl (C=O) groups is 1. The van der Waals surface area contributed by atoms with Crippen molar-refractivity contribution in [3.8, 4) is 5.75 Å². The summed E-state index contributed by atoms with van der Waals surface area (Å²) in [4.78, 5) is 11.1. The summed E-state index contributed by atoms with van der Waals surface area (Å²) >= 11 is 0. The SMILES string of the molecule is Cc1cc(C(N)=O)ccc1NC(C)c1ccc(O)cc1. The van der Waals surface area contributed by atoms with Gasteiger partial charge in [-0.3, -0.25) is 4.79 Å². The van der Waals surface area contributed by atoms with Gasteiger partial charge in [-0.2, -0.15) is 0 Å². The predicted octanol–water partition coefficient (Wildman–Crippen LogP) is 2.97. The number of nitrogens with one attached hydrogen (secondary N) is 1. The van der Waals surface area contributed by atoms with Crippen molar-refractivity contribution >= 4 is 11.6 Å². The van der Waals surface area contributed by atoms with Crippen LogP contribution in [0.5, 0.6) is 5.75 Å². The van der Waals surface area contributed by atoms with Crippen LogP contribution in [0.3, 0.4) is 0 Å². The van der Waals surface area contributed by atoms with Gasteiger partial charge >= 0.3 is 0 Å². The number of hydrogen-bond acceptors (Lipinski definition) is 3. The Labute approximate surface area is 118 Å². The third-order valence-corrected chi connectivity index (χ3v) is 3.28. The average molecular weight is 270 g/mol. The first-order chi connectivity index (χ1) is 9.47. The highest BCUT2D eigenvalue weighted by atomic mass is 16.3. The zero-order valence-electron chi connectivity index (χ0n) is 11.6. The van der Waals surface area contributed by atoms with E-state index < -0.39 is 5.91 Å². The molecular formula is C16H18N2O2. The summed E-state index contributed by atoms with van der Waals surface area (Å²) in [5.74, 6) is -0.172. The topological polar surface area (TPSA) is 75.4 Å². The molecule has 4 N–H and O–H groups in total. The van der Waals surface area contributed by atoms with E-state index in [-0.39, 0.29) is 11.8 Å². The highest BCUT2D eigenvalue weighted by molar-refractivity contribution is 5.93. The van der Waals surface area contributed by atoms with Crippen molar-refractivity contribution in [1.29, 1.82) is 0 Å². The summed E-state index contributed by atoms with van der Waals surface area (Å²) in [6.45, 7) is 3.96. The predicted molar refractivity (Wildman–Crippen MR) is 79.8 cm³/mol. The summed E-state index contributed by atoms with van der Waals surface area (Å²) in [5.41, 5.74) is 8.75. The molecule has 4 nitrogen and oxygen atoms in total. The smallest absolute Gasteiger partial charge is 0.248 e. The number of anilines is 1. The van der Waals surface area contributed by atoms with Gasteiger partial charge in [0.15, 0.2) is 0 Å².